The van der Waals surface area contributed by atoms with Gasteiger partial charge in [0.15, 0.2) is 5.96 Å². The van der Waals surface area contributed by atoms with Crippen molar-refractivity contribution >= 4 is 35.9 Å². The van der Waals surface area contributed by atoms with E-state index in [2.05, 4.69) is 15.2 Å². The Morgan fingerprint density at radius 1 is 1.21 bits per heavy atom. The minimum Gasteiger partial charge on any atom is -0.466 e. The lowest BCUT2D eigenvalue weighted by atomic mass is 9.98. The molecule has 0 aromatic heterocycles. The number of alkyl halides is 3. The van der Waals surface area contributed by atoms with Gasteiger partial charge in [-0.1, -0.05) is 0 Å². The van der Waals surface area contributed by atoms with E-state index < -0.39 is 12.7 Å². The maximum Gasteiger partial charge on any atom is 0.401 e. The molecule has 2 aliphatic rings. The Morgan fingerprint density at radius 2 is 1.96 bits per heavy atom. The van der Waals surface area contributed by atoms with Crippen molar-refractivity contribution in [3.05, 3.63) is 0 Å². The van der Waals surface area contributed by atoms with E-state index in [-0.39, 0.29) is 41.8 Å². The van der Waals surface area contributed by atoms with Crippen LogP contribution in [0.15, 0.2) is 4.99 Å². The molecular formula is C18H32F3IN4O2. The Balaban J connectivity index is 0.00000392. The lowest BCUT2D eigenvalue weighted by Crippen LogP contribution is -2.48. The van der Waals surface area contributed by atoms with Crippen molar-refractivity contribution in [1.82, 2.24) is 15.1 Å². The predicted octanol–water partition coefficient (Wildman–Crippen LogP) is 2.73. The zero-order chi connectivity index (χ0) is 19.9. The van der Waals surface area contributed by atoms with Gasteiger partial charge in [0.05, 0.1) is 19.1 Å². The number of esters is 1. The van der Waals surface area contributed by atoms with Gasteiger partial charge in [-0.05, 0) is 45.6 Å². The average molecular weight is 520 g/mol. The number of carbonyl (C=O) groups excluding carboxylic acids is 1. The fourth-order valence-electron chi connectivity index (χ4n) is 3.72. The summed E-state index contributed by atoms with van der Waals surface area (Å²) in [5, 5.41) is 3.25. The second-order valence-corrected chi connectivity index (χ2v) is 7.24. The van der Waals surface area contributed by atoms with Crippen molar-refractivity contribution in [1.29, 1.82) is 0 Å². The molecule has 0 bridgehead atoms. The third-order valence-corrected chi connectivity index (χ3v) is 4.95. The highest BCUT2D eigenvalue weighted by Gasteiger charge is 2.34. The van der Waals surface area contributed by atoms with Crippen LogP contribution >= 0.6 is 24.0 Å². The Labute approximate surface area is 182 Å². The van der Waals surface area contributed by atoms with Crippen molar-refractivity contribution in [3.8, 4) is 0 Å². The summed E-state index contributed by atoms with van der Waals surface area (Å²) < 4.78 is 42.7. The minimum atomic E-state index is -4.15. The van der Waals surface area contributed by atoms with E-state index >= 15 is 0 Å². The summed E-state index contributed by atoms with van der Waals surface area (Å²) in [7, 11) is 0. The first-order valence-electron chi connectivity index (χ1n) is 9.81. The van der Waals surface area contributed by atoms with Crippen molar-refractivity contribution < 1.29 is 22.7 Å². The first kappa shape index (κ1) is 25.3. The summed E-state index contributed by atoms with van der Waals surface area (Å²) in [6.07, 6.45) is -1.73. The summed E-state index contributed by atoms with van der Waals surface area (Å²) in [6, 6.07) is 0. The van der Waals surface area contributed by atoms with E-state index in [4.69, 9.17) is 4.74 Å². The molecule has 2 fully saturated rings. The second-order valence-electron chi connectivity index (χ2n) is 7.24. The molecule has 2 aliphatic heterocycles. The smallest absolute Gasteiger partial charge is 0.401 e. The molecule has 0 spiro atoms. The van der Waals surface area contributed by atoms with E-state index in [1.807, 2.05) is 6.92 Å². The third-order valence-electron chi connectivity index (χ3n) is 4.95. The Morgan fingerprint density at radius 3 is 2.61 bits per heavy atom. The van der Waals surface area contributed by atoms with Crippen LogP contribution in [-0.4, -0.2) is 80.3 Å². The molecule has 0 aromatic carbocycles. The Kier molecular flexibility index (Phi) is 10.9. The molecule has 0 aliphatic carbocycles. The van der Waals surface area contributed by atoms with Crippen LogP contribution in [0.1, 0.15) is 33.1 Å². The van der Waals surface area contributed by atoms with Gasteiger partial charge in [-0.3, -0.25) is 14.7 Å². The summed E-state index contributed by atoms with van der Waals surface area (Å²) in [4.78, 5) is 20.2. The van der Waals surface area contributed by atoms with Crippen LogP contribution in [0.2, 0.25) is 0 Å². The maximum atomic E-state index is 12.5. The fraction of sp³-hybridized carbons (Fsp3) is 0.889. The molecule has 2 saturated heterocycles. The molecule has 10 heteroatoms. The van der Waals surface area contributed by atoms with Crippen LogP contribution in [-0.2, 0) is 9.53 Å². The number of hydrogen-bond acceptors (Lipinski definition) is 4. The Hall–Kier alpha value is -0.780. The van der Waals surface area contributed by atoms with E-state index in [9.17, 15) is 18.0 Å². The van der Waals surface area contributed by atoms with Crippen LogP contribution < -0.4 is 5.32 Å². The Bertz CT molecular complexity index is 520. The maximum absolute atomic E-state index is 12.5. The highest BCUT2D eigenvalue weighted by atomic mass is 127. The van der Waals surface area contributed by atoms with Gasteiger partial charge in [0.1, 0.15) is 0 Å². The molecule has 6 nitrogen and oxygen atoms in total. The quantitative estimate of drug-likeness (QED) is 0.253. The van der Waals surface area contributed by atoms with Crippen molar-refractivity contribution in [3.63, 3.8) is 0 Å². The van der Waals surface area contributed by atoms with Gasteiger partial charge in [0.25, 0.3) is 0 Å². The van der Waals surface area contributed by atoms with Gasteiger partial charge in [0, 0.05) is 32.7 Å². The number of aliphatic imine (C=N–C) groups is 1. The van der Waals surface area contributed by atoms with Crippen LogP contribution in [0.5, 0.6) is 0 Å². The number of ether oxygens (including phenoxy) is 1. The van der Waals surface area contributed by atoms with E-state index in [1.165, 1.54) is 4.90 Å². The summed E-state index contributed by atoms with van der Waals surface area (Å²) in [5.74, 6) is 0.542. The normalized spacial score (nSPS) is 24.0. The number of nitrogens with zero attached hydrogens (tertiary/aromatic N) is 3. The largest absolute Gasteiger partial charge is 0.466 e. The molecule has 0 radical (unpaired) electrons. The molecule has 2 rings (SSSR count). The van der Waals surface area contributed by atoms with Gasteiger partial charge in [-0.25, -0.2) is 0 Å². The van der Waals surface area contributed by atoms with E-state index in [1.54, 1.807) is 6.92 Å². The third kappa shape index (κ3) is 8.30. The van der Waals surface area contributed by atoms with E-state index in [0.717, 1.165) is 31.8 Å². The predicted molar refractivity (Wildman–Crippen MR) is 113 cm³/mol. The topological polar surface area (TPSA) is 57.2 Å². The minimum absolute atomic E-state index is 0. The number of halogens is 4. The lowest BCUT2D eigenvalue weighted by molar-refractivity contribution is -0.149. The zero-order valence-electron chi connectivity index (χ0n) is 16.6. The summed E-state index contributed by atoms with van der Waals surface area (Å²) in [5.41, 5.74) is 0. The van der Waals surface area contributed by atoms with Gasteiger partial charge in [0.2, 0.25) is 0 Å². The van der Waals surface area contributed by atoms with Crippen LogP contribution in [0.3, 0.4) is 0 Å². The van der Waals surface area contributed by atoms with Gasteiger partial charge < -0.3 is 15.0 Å². The van der Waals surface area contributed by atoms with Crippen LogP contribution in [0.25, 0.3) is 0 Å². The molecule has 2 atom stereocenters. The molecule has 1 N–H and O–H groups in total. The molecule has 2 unspecified atom stereocenters. The van der Waals surface area contributed by atoms with E-state index in [0.29, 0.717) is 39.3 Å². The van der Waals surface area contributed by atoms with Gasteiger partial charge in [-0.2, -0.15) is 13.2 Å². The molecule has 0 aromatic rings. The molecule has 0 amide bonds. The number of carbonyl (C=O) groups is 1. The highest BCUT2D eigenvalue weighted by molar-refractivity contribution is 14.0. The number of rotatable bonds is 6. The highest BCUT2D eigenvalue weighted by Crippen LogP contribution is 2.23. The second kappa shape index (κ2) is 12.0. The van der Waals surface area contributed by atoms with Gasteiger partial charge >= 0.3 is 12.1 Å². The van der Waals surface area contributed by atoms with Crippen LogP contribution in [0.4, 0.5) is 13.2 Å². The van der Waals surface area contributed by atoms with Crippen molar-refractivity contribution in [2.24, 2.45) is 16.8 Å². The monoisotopic (exact) mass is 520 g/mol. The fourth-order valence-corrected chi connectivity index (χ4v) is 3.72. The summed E-state index contributed by atoms with van der Waals surface area (Å²) >= 11 is 0. The molecular weight excluding hydrogens is 488 g/mol. The SMILES string of the molecule is CCNC(=NCC1CCN(CC(F)(F)F)C1)N1CCCC(C(=O)OCC)C1.I. The van der Waals surface area contributed by atoms with Gasteiger partial charge in [-0.15, -0.1) is 24.0 Å². The first-order chi connectivity index (χ1) is 12.8. The standard InChI is InChI=1S/C18H31F3N4O2.HI/c1-3-22-17(25-8-5-6-15(12-25)16(26)27-4-2)23-10-14-7-9-24(11-14)13-18(19,20)21;/h14-15H,3-13H2,1-2H3,(H,22,23);1H. The molecule has 0 saturated carbocycles. The lowest BCUT2D eigenvalue weighted by Gasteiger charge is -2.34. The number of likely N-dealkylation sites (tertiary alicyclic amines) is 2. The summed E-state index contributed by atoms with van der Waals surface area (Å²) in [6.45, 7) is 6.76. The number of nitrogens with one attached hydrogen (secondary N) is 1. The zero-order valence-corrected chi connectivity index (χ0v) is 19.0. The van der Waals surface area contributed by atoms with Crippen molar-refractivity contribution in [2.45, 2.75) is 39.3 Å². The first-order valence-corrected chi connectivity index (χ1v) is 9.81. The number of guanidine groups is 1. The average Bonchev–Trinajstić information content (AvgIpc) is 3.04. The molecule has 164 valence electrons. The molecule has 2 heterocycles. The number of hydrogen-bond donors (Lipinski definition) is 1. The molecule has 28 heavy (non-hydrogen) atoms. The number of piperidine rings is 1. The van der Waals surface area contributed by atoms with Crippen LogP contribution in [0, 0.1) is 11.8 Å². The van der Waals surface area contributed by atoms with Crippen molar-refractivity contribution in [2.75, 3.05) is 52.4 Å².